The highest BCUT2D eigenvalue weighted by Gasteiger charge is 2.29. The first kappa shape index (κ1) is 23.8. The summed E-state index contributed by atoms with van der Waals surface area (Å²) in [6.07, 6.45) is 6.06. The molecule has 0 bridgehead atoms. The topological polar surface area (TPSA) is 112 Å². The fourth-order valence-electron chi connectivity index (χ4n) is 4.41. The Morgan fingerprint density at radius 3 is 2.53 bits per heavy atom. The van der Waals surface area contributed by atoms with Crippen LogP contribution in [0.15, 0.2) is 30.3 Å². The Bertz CT molecular complexity index is 1080. The summed E-state index contributed by atoms with van der Waals surface area (Å²) in [6.45, 7) is 0.495. The molecular formula is C25H28N4O4S. The monoisotopic (exact) mass is 480 g/mol. The van der Waals surface area contributed by atoms with Crippen LogP contribution in [0, 0.1) is 17.2 Å². The van der Waals surface area contributed by atoms with Crippen molar-refractivity contribution in [3.63, 3.8) is 0 Å². The van der Waals surface area contributed by atoms with Crippen LogP contribution in [0.2, 0.25) is 0 Å². The highest BCUT2D eigenvalue weighted by atomic mass is 32.1. The highest BCUT2D eigenvalue weighted by molar-refractivity contribution is 7.16. The van der Waals surface area contributed by atoms with Gasteiger partial charge in [0.05, 0.1) is 11.5 Å². The van der Waals surface area contributed by atoms with E-state index in [0.29, 0.717) is 36.5 Å². The molecule has 8 nitrogen and oxygen atoms in total. The van der Waals surface area contributed by atoms with Crippen LogP contribution < -0.4 is 10.6 Å². The molecule has 1 aliphatic heterocycles. The number of aryl methyl sites for hydroxylation is 1. The van der Waals surface area contributed by atoms with Crippen molar-refractivity contribution >= 4 is 39.9 Å². The number of nitrogens with one attached hydrogen (secondary N) is 2. The predicted octanol–water partition coefficient (Wildman–Crippen LogP) is 4.31. The molecule has 4 rings (SSSR count). The van der Waals surface area contributed by atoms with Crippen LogP contribution in [0.5, 0.6) is 0 Å². The number of carbonyl (C=O) groups is 3. The summed E-state index contributed by atoms with van der Waals surface area (Å²) < 4.78 is 5.25. The number of nitrogens with zero attached hydrogens (tertiary/aromatic N) is 2. The molecule has 2 aliphatic rings. The second kappa shape index (κ2) is 11.2. The molecule has 0 atom stereocenters. The minimum atomic E-state index is -0.444. The van der Waals surface area contributed by atoms with Crippen molar-refractivity contribution in [2.24, 2.45) is 5.92 Å². The molecule has 34 heavy (non-hydrogen) atoms. The molecule has 178 valence electrons. The zero-order valence-corrected chi connectivity index (χ0v) is 19.8. The summed E-state index contributed by atoms with van der Waals surface area (Å²) in [4.78, 5) is 40.1. The van der Waals surface area contributed by atoms with Crippen molar-refractivity contribution in [3.05, 3.63) is 46.3 Å². The molecule has 2 N–H and O–H groups in total. The van der Waals surface area contributed by atoms with Gasteiger partial charge < -0.3 is 20.3 Å². The van der Waals surface area contributed by atoms with Gasteiger partial charge in [0.2, 0.25) is 0 Å². The molecule has 2 aromatic rings. The van der Waals surface area contributed by atoms with E-state index in [-0.39, 0.29) is 18.6 Å². The predicted molar refractivity (Wildman–Crippen MR) is 130 cm³/mol. The second-order valence-electron chi connectivity index (χ2n) is 8.59. The summed E-state index contributed by atoms with van der Waals surface area (Å²) in [5.74, 6) is -1.22. The van der Waals surface area contributed by atoms with Gasteiger partial charge in [0.15, 0.2) is 6.61 Å². The molecule has 1 fully saturated rings. The van der Waals surface area contributed by atoms with Crippen LogP contribution in [0.4, 0.5) is 15.5 Å². The van der Waals surface area contributed by atoms with E-state index in [1.54, 1.807) is 4.90 Å². The molecule has 0 saturated carbocycles. The average Bonchev–Trinajstić information content (AvgIpc) is 3.01. The van der Waals surface area contributed by atoms with Crippen molar-refractivity contribution in [3.8, 4) is 6.07 Å². The Labute approximate surface area is 202 Å². The summed E-state index contributed by atoms with van der Waals surface area (Å²) in [6, 6.07) is 11.3. The maximum atomic E-state index is 12.5. The number of piperidine rings is 1. The van der Waals surface area contributed by atoms with Crippen LogP contribution in [-0.2, 0) is 27.2 Å². The SMILES string of the molecule is N#Cc1c(NC(=O)COC(=O)C2CCN(C(=O)Nc3ccccc3)CC2)sc2c1CCCCC2. The molecule has 1 aromatic carbocycles. The number of hydrogen-bond acceptors (Lipinski definition) is 6. The van der Waals surface area contributed by atoms with E-state index in [4.69, 9.17) is 4.74 Å². The van der Waals surface area contributed by atoms with Crippen molar-refractivity contribution in [1.82, 2.24) is 4.90 Å². The Balaban J connectivity index is 1.23. The van der Waals surface area contributed by atoms with E-state index >= 15 is 0 Å². The number of amides is 3. The summed E-state index contributed by atoms with van der Waals surface area (Å²) >= 11 is 1.46. The fourth-order valence-corrected chi connectivity index (χ4v) is 5.66. The molecule has 1 aliphatic carbocycles. The molecule has 2 heterocycles. The zero-order valence-electron chi connectivity index (χ0n) is 19.0. The normalized spacial score (nSPS) is 16.0. The third kappa shape index (κ3) is 5.75. The minimum absolute atomic E-state index is 0.194. The quantitative estimate of drug-likeness (QED) is 0.489. The summed E-state index contributed by atoms with van der Waals surface area (Å²) in [5.41, 5.74) is 2.32. The average molecular weight is 481 g/mol. The number of rotatable bonds is 5. The van der Waals surface area contributed by atoms with Gasteiger partial charge in [-0.2, -0.15) is 5.26 Å². The lowest BCUT2D eigenvalue weighted by Crippen LogP contribution is -2.43. The van der Waals surface area contributed by atoms with Gasteiger partial charge in [-0.25, -0.2) is 4.79 Å². The molecule has 0 radical (unpaired) electrons. The first-order valence-corrected chi connectivity index (χ1v) is 12.5. The van der Waals surface area contributed by atoms with Gasteiger partial charge in [0.25, 0.3) is 5.91 Å². The van der Waals surface area contributed by atoms with E-state index < -0.39 is 11.9 Å². The van der Waals surface area contributed by atoms with E-state index in [2.05, 4.69) is 16.7 Å². The van der Waals surface area contributed by atoms with E-state index in [9.17, 15) is 19.6 Å². The number of nitriles is 1. The van der Waals surface area contributed by atoms with Crippen LogP contribution >= 0.6 is 11.3 Å². The van der Waals surface area contributed by atoms with Crippen LogP contribution in [0.25, 0.3) is 0 Å². The molecule has 1 aromatic heterocycles. The first-order valence-electron chi connectivity index (χ1n) is 11.7. The number of para-hydroxylation sites is 1. The van der Waals surface area contributed by atoms with Gasteiger partial charge in [-0.3, -0.25) is 9.59 Å². The van der Waals surface area contributed by atoms with Crippen LogP contribution in [0.3, 0.4) is 0 Å². The minimum Gasteiger partial charge on any atom is -0.455 e. The van der Waals surface area contributed by atoms with Crippen molar-refractivity contribution < 1.29 is 19.1 Å². The van der Waals surface area contributed by atoms with Gasteiger partial charge in [0.1, 0.15) is 11.1 Å². The summed E-state index contributed by atoms with van der Waals surface area (Å²) in [7, 11) is 0. The third-order valence-corrected chi connectivity index (χ3v) is 7.48. The van der Waals surface area contributed by atoms with E-state index in [0.717, 1.165) is 43.4 Å². The van der Waals surface area contributed by atoms with Crippen LogP contribution in [0.1, 0.15) is 48.1 Å². The number of carbonyl (C=O) groups excluding carboxylic acids is 3. The Kier molecular flexibility index (Phi) is 7.80. The largest absolute Gasteiger partial charge is 0.455 e. The molecule has 9 heteroatoms. The smallest absolute Gasteiger partial charge is 0.321 e. The van der Waals surface area contributed by atoms with E-state index in [1.807, 2.05) is 30.3 Å². The number of anilines is 2. The lowest BCUT2D eigenvalue weighted by atomic mass is 9.97. The second-order valence-corrected chi connectivity index (χ2v) is 9.70. The van der Waals surface area contributed by atoms with Gasteiger partial charge in [-0.05, 0) is 56.2 Å². The van der Waals surface area contributed by atoms with Crippen LogP contribution in [-0.4, -0.2) is 42.5 Å². The van der Waals surface area contributed by atoms with Crippen molar-refractivity contribution in [1.29, 1.82) is 5.26 Å². The molecule has 0 unspecified atom stereocenters. The Hall–Kier alpha value is -3.38. The lowest BCUT2D eigenvalue weighted by Gasteiger charge is -2.30. The zero-order chi connectivity index (χ0) is 23.9. The van der Waals surface area contributed by atoms with E-state index in [1.165, 1.54) is 16.2 Å². The first-order chi connectivity index (χ1) is 16.5. The number of hydrogen-bond donors (Lipinski definition) is 2. The number of thiophene rings is 1. The molecule has 3 amide bonds. The number of ether oxygens (including phenoxy) is 1. The Morgan fingerprint density at radius 2 is 1.79 bits per heavy atom. The number of benzene rings is 1. The number of fused-ring (bicyclic) bond motifs is 1. The number of esters is 1. The van der Waals surface area contributed by atoms with Crippen molar-refractivity contribution in [2.75, 3.05) is 30.3 Å². The maximum absolute atomic E-state index is 12.5. The third-order valence-electron chi connectivity index (χ3n) is 6.27. The molecule has 0 spiro atoms. The molecule has 1 saturated heterocycles. The van der Waals surface area contributed by atoms with Gasteiger partial charge in [-0.1, -0.05) is 24.6 Å². The fraction of sp³-hybridized carbons (Fsp3) is 0.440. The summed E-state index contributed by atoms with van der Waals surface area (Å²) in [5, 5.41) is 15.7. The van der Waals surface area contributed by atoms with Gasteiger partial charge in [-0.15, -0.1) is 11.3 Å². The number of likely N-dealkylation sites (tertiary alicyclic amines) is 1. The van der Waals surface area contributed by atoms with Gasteiger partial charge in [0, 0.05) is 23.7 Å². The lowest BCUT2D eigenvalue weighted by molar-refractivity contribution is -0.152. The van der Waals surface area contributed by atoms with Crippen molar-refractivity contribution in [2.45, 2.75) is 44.9 Å². The highest BCUT2D eigenvalue weighted by Crippen LogP contribution is 2.37. The number of urea groups is 1. The Morgan fingerprint density at radius 1 is 1.06 bits per heavy atom. The molecular weight excluding hydrogens is 452 g/mol. The standard InChI is InChI=1S/C25H28N4O4S/c26-15-20-19-9-5-2-6-10-21(19)34-23(20)28-22(30)16-33-24(31)17-11-13-29(14-12-17)25(32)27-18-7-3-1-4-8-18/h1,3-4,7-8,17H,2,5-6,9-14,16H2,(H,27,32)(H,28,30). The maximum Gasteiger partial charge on any atom is 0.321 e. The van der Waals surface area contributed by atoms with Gasteiger partial charge >= 0.3 is 12.0 Å².